The molecule has 1 amide bonds. The predicted molar refractivity (Wildman–Crippen MR) is 110 cm³/mol. The lowest BCUT2D eigenvalue weighted by Gasteiger charge is -2.24. The Hall–Kier alpha value is -3.01. The first-order chi connectivity index (χ1) is 14.5. The quantitative estimate of drug-likeness (QED) is 0.667. The minimum absolute atomic E-state index is 0.00650. The second kappa shape index (κ2) is 8.39. The third kappa shape index (κ3) is 4.00. The average Bonchev–Trinajstić information content (AvgIpc) is 3.22. The number of nitrogens with one attached hydrogen (secondary N) is 2. The van der Waals surface area contributed by atoms with E-state index in [1.54, 1.807) is 16.6 Å². The van der Waals surface area contributed by atoms with Crippen LogP contribution >= 0.6 is 0 Å². The van der Waals surface area contributed by atoms with Crippen molar-refractivity contribution in [1.82, 2.24) is 24.7 Å². The summed E-state index contributed by atoms with van der Waals surface area (Å²) in [6.07, 6.45) is -0.345. The molecule has 0 aromatic carbocycles. The minimum atomic E-state index is -2.78. The number of halogens is 2. The van der Waals surface area contributed by atoms with Gasteiger partial charge in [-0.1, -0.05) is 13.3 Å². The Morgan fingerprint density at radius 2 is 2.10 bits per heavy atom. The normalized spacial score (nSPS) is 17.5. The van der Waals surface area contributed by atoms with Crippen LogP contribution in [0.2, 0.25) is 0 Å². The molecule has 0 bridgehead atoms. The van der Waals surface area contributed by atoms with Gasteiger partial charge in [-0.05, 0) is 36.7 Å². The van der Waals surface area contributed by atoms with Crippen LogP contribution in [0.15, 0.2) is 30.5 Å². The second-order valence-electron chi connectivity index (χ2n) is 7.53. The van der Waals surface area contributed by atoms with Gasteiger partial charge < -0.3 is 15.5 Å². The number of carbonyl (C=O) groups is 1. The largest absolute Gasteiger partial charge is 0.354 e. The van der Waals surface area contributed by atoms with Crippen LogP contribution in [0.3, 0.4) is 0 Å². The fourth-order valence-electron chi connectivity index (χ4n) is 3.74. The molecule has 1 atom stereocenters. The molecular weight excluding hydrogens is 392 g/mol. The Labute approximate surface area is 172 Å². The molecule has 0 radical (unpaired) electrons. The lowest BCUT2D eigenvalue weighted by atomic mass is 10.1. The van der Waals surface area contributed by atoms with E-state index in [4.69, 9.17) is 0 Å². The number of alkyl halides is 2. The molecule has 10 heteroatoms. The lowest BCUT2D eigenvalue weighted by Crippen LogP contribution is -2.31. The number of aromatic nitrogens is 4. The van der Waals surface area contributed by atoms with Gasteiger partial charge in [0.1, 0.15) is 11.5 Å². The average molecular weight is 417 g/mol. The number of nitrogens with zero attached hydrogens (tertiary/aromatic N) is 5. The van der Waals surface area contributed by atoms with Crippen molar-refractivity contribution in [3.63, 3.8) is 0 Å². The molecule has 30 heavy (non-hydrogen) atoms. The van der Waals surface area contributed by atoms with Crippen molar-refractivity contribution in [2.24, 2.45) is 13.0 Å². The molecule has 0 unspecified atom stereocenters. The summed E-state index contributed by atoms with van der Waals surface area (Å²) in [6, 6.07) is 7.28. The van der Waals surface area contributed by atoms with Crippen LogP contribution in [0, 0.1) is 5.92 Å². The minimum Gasteiger partial charge on any atom is -0.354 e. The van der Waals surface area contributed by atoms with Gasteiger partial charge >= 0.3 is 0 Å². The van der Waals surface area contributed by atoms with Crippen LogP contribution in [-0.4, -0.2) is 51.5 Å². The topological polar surface area (TPSA) is 79.5 Å². The van der Waals surface area contributed by atoms with Crippen LogP contribution in [0.1, 0.15) is 36.0 Å². The first-order valence-electron chi connectivity index (χ1n) is 10.0. The second-order valence-corrected chi connectivity index (χ2v) is 7.53. The van der Waals surface area contributed by atoms with Crippen LogP contribution in [0.5, 0.6) is 0 Å². The summed E-state index contributed by atoms with van der Waals surface area (Å²) in [5.74, 6) is 0.791. The van der Waals surface area contributed by atoms with Crippen molar-refractivity contribution in [1.29, 1.82) is 0 Å². The molecule has 1 saturated heterocycles. The molecule has 1 aliphatic rings. The molecule has 3 aromatic heterocycles. The predicted octanol–water partition coefficient (Wildman–Crippen LogP) is 2.69. The maximum Gasteiger partial charge on any atom is 0.284 e. The molecule has 4 heterocycles. The summed E-state index contributed by atoms with van der Waals surface area (Å²) < 4.78 is 29.2. The molecule has 0 aliphatic carbocycles. The van der Waals surface area contributed by atoms with E-state index in [0.29, 0.717) is 5.92 Å². The summed E-state index contributed by atoms with van der Waals surface area (Å²) in [4.78, 5) is 15.1. The van der Waals surface area contributed by atoms with Gasteiger partial charge in [0.05, 0.1) is 11.2 Å². The fraction of sp³-hybridized carbons (Fsp3) is 0.450. The molecule has 8 nitrogen and oxygen atoms in total. The first kappa shape index (κ1) is 20.3. The Morgan fingerprint density at radius 1 is 1.30 bits per heavy atom. The van der Waals surface area contributed by atoms with Crippen molar-refractivity contribution >= 4 is 22.9 Å². The van der Waals surface area contributed by atoms with Gasteiger partial charge in [0.25, 0.3) is 12.3 Å². The van der Waals surface area contributed by atoms with Crippen molar-refractivity contribution in [3.8, 4) is 0 Å². The molecule has 1 aliphatic heterocycles. The number of rotatable bonds is 5. The monoisotopic (exact) mass is 417 g/mol. The highest BCUT2D eigenvalue weighted by Gasteiger charge is 2.22. The van der Waals surface area contributed by atoms with Crippen molar-refractivity contribution < 1.29 is 13.6 Å². The van der Waals surface area contributed by atoms with Gasteiger partial charge in [-0.3, -0.25) is 9.48 Å². The Kier molecular flexibility index (Phi) is 5.67. The fourth-order valence-corrected chi connectivity index (χ4v) is 3.74. The Bertz CT molecular complexity index is 1050. The van der Waals surface area contributed by atoms with Gasteiger partial charge in [0.2, 0.25) is 0 Å². The first-order valence-corrected chi connectivity index (χ1v) is 10.0. The molecule has 0 spiro atoms. The van der Waals surface area contributed by atoms with Gasteiger partial charge in [0, 0.05) is 32.9 Å². The molecule has 1 fully saturated rings. The number of amides is 1. The number of aryl methyl sites for hydroxylation is 1. The van der Waals surface area contributed by atoms with Crippen molar-refractivity contribution in [2.75, 3.05) is 36.4 Å². The van der Waals surface area contributed by atoms with E-state index in [1.165, 1.54) is 17.9 Å². The third-order valence-corrected chi connectivity index (χ3v) is 5.41. The van der Waals surface area contributed by atoms with E-state index in [2.05, 4.69) is 32.7 Å². The molecule has 4 rings (SSSR count). The van der Waals surface area contributed by atoms with Crippen LogP contribution in [-0.2, 0) is 7.05 Å². The standard InChI is InChI=1S/C20H25F2N7O/c1-3-13-10-23-8-9-28(11-13)17-7-5-14-4-6-16(29(14)25-17)20(30)24-15-12-27(2)26-18(15)19(21)22/h4-7,12-13,19,23H,3,8-11H2,1-2H3,(H,24,30)/t13-/m1/s1. The van der Waals surface area contributed by atoms with E-state index in [-0.39, 0.29) is 11.4 Å². The van der Waals surface area contributed by atoms with E-state index in [1.807, 2.05) is 12.1 Å². The van der Waals surface area contributed by atoms with Crippen molar-refractivity contribution in [2.45, 2.75) is 19.8 Å². The maximum absolute atomic E-state index is 13.2. The zero-order valence-electron chi connectivity index (χ0n) is 17.0. The van der Waals surface area contributed by atoms with Crippen LogP contribution < -0.4 is 15.5 Å². The van der Waals surface area contributed by atoms with Crippen LogP contribution in [0.25, 0.3) is 5.52 Å². The summed E-state index contributed by atoms with van der Waals surface area (Å²) in [6.45, 7) is 5.73. The molecule has 160 valence electrons. The molecule has 2 N–H and O–H groups in total. The van der Waals surface area contributed by atoms with E-state index in [0.717, 1.165) is 43.9 Å². The summed E-state index contributed by atoms with van der Waals surface area (Å²) in [5.41, 5.74) is 0.566. The van der Waals surface area contributed by atoms with Gasteiger partial charge in [0.15, 0.2) is 5.69 Å². The highest BCUT2D eigenvalue weighted by atomic mass is 19.3. The van der Waals surface area contributed by atoms with E-state index >= 15 is 0 Å². The van der Waals surface area contributed by atoms with Crippen molar-refractivity contribution in [3.05, 3.63) is 41.9 Å². The smallest absolute Gasteiger partial charge is 0.284 e. The number of hydrogen-bond acceptors (Lipinski definition) is 5. The van der Waals surface area contributed by atoms with E-state index < -0.39 is 18.0 Å². The number of fused-ring (bicyclic) bond motifs is 1. The van der Waals surface area contributed by atoms with Gasteiger partial charge in [-0.25, -0.2) is 13.3 Å². The number of anilines is 2. The zero-order chi connectivity index (χ0) is 21.3. The maximum atomic E-state index is 13.2. The zero-order valence-corrected chi connectivity index (χ0v) is 17.0. The summed E-state index contributed by atoms with van der Waals surface area (Å²) in [7, 11) is 1.53. The van der Waals surface area contributed by atoms with Gasteiger partial charge in [-0.15, -0.1) is 5.10 Å². The van der Waals surface area contributed by atoms with Gasteiger partial charge in [-0.2, -0.15) is 5.10 Å². The molecule has 3 aromatic rings. The third-order valence-electron chi connectivity index (χ3n) is 5.41. The highest BCUT2D eigenvalue weighted by molar-refractivity contribution is 6.04. The number of hydrogen-bond donors (Lipinski definition) is 2. The molecule has 0 saturated carbocycles. The Balaban J connectivity index is 1.62. The van der Waals surface area contributed by atoms with E-state index in [9.17, 15) is 13.6 Å². The highest BCUT2D eigenvalue weighted by Crippen LogP contribution is 2.26. The SMILES string of the molecule is CC[C@@H]1CNCCN(c2ccc3ccc(C(=O)Nc4cn(C)nc4C(F)F)n3n2)C1. The van der Waals surface area contributed by atoms with Crippen LogP contribution in [0.4, 0.5) is 20.3 Å². The molecular formula is C20H25F2N7O. The summed E-state index contributed by atoms with van der Waals surface area (Å²) >= 11 is 0. The Morgan fingerprint density at radius 3 is 2.87 bits per heavy atom. The summed E-state index contributed by atoms with van der Waals surface area (Å²) in [5, 5.41) is 14.4. The lowest BCUT2D eigenvalue weighted by molar-refractivity contribution is 0.101. The number of carbonyl (C=O) groups excluding carboxylic acids is 1.